The number of anilines is 1. The molecule has 1 N–H and O–H groups in total. The molecule has 3 nitrogen and oxygen atoms in total. The molecule has 2 aromatic rings. The highest BCUT2D eigenvalue weighted by Gasteiger charge is 2.17. The molecule has 2 aromatic carbocycles. The summed E-state index contributed by atoms with van der Waals surface area (Å²) in [5.74, 6) is 0. The fraction of sp³-hybridized carbons (Fsp3) is 0.294. The van der Waals surface area contributed by atoms with Crippen LogP contribution in [0.2, 0.25) is 0 Å². The first-order valence-corrected chi connectivity index (χ1v) is 8.66. The van der Waals surface area contributed by atoms with Gasteiger partial charge in [-0.2, -0.15) is 0 Å². The highest BCUT2D eigenvalue weighted by atomic mass is 32.2. The van der Waals surface area contributed by atoms with Crippen molar-refractivity contribution >= 4 is 15.7 Å². The maximum absolute atomic E-state index is 12.5. The topological polar surface area (TPSA) is 46.2 Å². The maximum Gasteiger partial charge on any atom is 0.261 e. The van der Waals surface area contributed by atoms with Gasteiger partial charge in [0.25, 0.3) is 10.0 Å². The summed E-state index contributed by atoms with van der Waals surface area (Å²) < 4.78 is 27.8. The molecular formula is C17H21NO2S. The van der Waals surface area contributed by atoms with Crippen molar-refractivity contribution in [2.24, 2.45) is 0 Å². The van der Waals surface area contributed by atoms with Crippen LogP contribution < -0.4 is 4.72 Å². The molecule has 0 unspecified atom stereocenters. The van der Waals surface area contributed by atoms with Crippen LogP contribution in [0.5, 0.6) is 0 Å². The molecule has 0 atom stereocenters. The van der Waals surface area contributed by atoms with Gasteiger partial charge in [0.05, 0.1) is 10.6 Å². The van der Waals surface area contributed by atoms with Crippen LogP contribution >= 0.6 is 0 Å². The molecule has 21 heavy (non-hydrogen) atoms. The molecule has 0 heterocycles. The number of aryl methyl sites for hydroxylation is 3. The van der Waals surface area contributed by atoms with Gasteiger partial charge in [0.2, 0.25) is 0 Å². The lowest BCUT2D eigenvalue weighted by molar-refractivity contribution is 0.601. The minimum absolute atomic E-state index is 0.293. The number of rotatable bonds is 5. The van der Waals surface area contributed by atoms with Gasteiger partial charge in [-0.15, -0.1) is 0 Å². The number of nitrogens with one attached hydrogen (secondary N) is 1. The van der Waals surface area contributed by atoms with Crippen LogP contribution in [0.25, 0.3) is 0 Å². The van der Waals surface area contributed by atoms with Gasteiger partial charge in [-0.3, -0.25) is 4.72 Å². The van der Waals surface area contributed by atoms with E-state index in [1.807, 2.05) is 39.0 Å². The third-order valence-corrected chi connectivity index (χ3v) is 4.93. The summed E-state index contributed by atoms with van der Waals surface area (Å²) in [5, 5.41) is 0. The molecule has 0 saturated heterocycles. The zero-order valence-corrected chi connectivity index (χ0v) is 13.5. The fourth-order valence-corrected chi connectivity index (χ4v) is 3.43. The van der Waals surface area contributed by atoms with E-state index in [0.29, 0.717) is 4.90 Å². The van der Waals surface area contributed by atoms with Gasteiger partial charge in [-0.1, -0.05) is 49.7 Å². The SMILES string of the molecule is CCc1cccc(CC)c1NS(=O)(=O)c1ccc(C)cc1. The van der Waals surface area contributed by atoms with Crippen molar-refractivity contribution in [3.63, 3.8) is 0 Å². The number of benzene rings is 2. The standard InChI is InChI=1S/C17H21NO2S/c1-4-14-7-6-8-15(5-2)17(14)18-21(19,20)16-11-9-13(3)10-12-16/h6-12,18H,4-5H2,1-3H3. The van der Waals surface area contributed by atoms with Crippen molar-refractivity contribution in [3.05, 3.63) is 59.2 Å². The first-order chi connectivity index (χ1) is 9.97. The van der Waals surface area contributed by atoms with Crippen LogP contribution in [0.3, 0.4) is 0 Å². The number of para-hydroxylation sites is 1. The highest BCUT2D eigenvalue weighted by Crippen LogP contribution is 2.25. The summed E-state index contributed by atoms with van der Waals surface area (Å²) in [6.45, 7) is 5.99. The van der Waals surface area contributed by atoms with E-state index in [1.54, 1.807) is 24.3 Å². The summed E-state index contributed by atoms with van der Waals surface area (Å²) in [7, 11) is -3.55. The first kappa shape index (κ1) is 15.6. The van der Waals surface area contributed by atoms with Gasteiger partial charge in [0.15, 0.2) is 0 Å². The summed E-state index contributed by atoms with van der Waals surface area (Å²) in [5.41, 5.74) is 3.80. The van der Waals surface area contributed by atoms with Crippen molar-refractivity contribution in [3.8, 4) is 0 Å². The lowest BCUT2D eigenvalue weighted by Gasteiger charge is -2.15. The lowest BCUT2D eigenvalue weighted by Crippen LogP contribution is -2.15. The molecule has 0 aromatic heterocycles. The Balaban J connectivity index is 2.43. The van der Waals surface area contributed by atoms with Gasteiger partial charge in [0, 0.05) is 0 Å². The quantitative estimate of drug-likeness (QED) is 0.910. The molecule has 0 aliphatic rings. The van der Waals surface area contributed by atoms with Gasteiger partial charge < -0.3 is 0 Å². The highest BCUT2D eigenvalue weighted by molar-refractivity contribution is 7.92. The Kier molecular flexibility index (Phi) is 4.68. The van der Waals surface area contributed by atoms with Gasteiger partial charge >= 0.3 is 0 Å². The fourth-order valence-electron chi connectivity index (χ4n) is 2.28. The molecule has 4 heteroatoms. The van der Waals surface area contributed by atoms with E-state index < -0.39 is 10.0 Å². The minimum atomic E-state index is -3.55. The van der Waals surface area contributed by atoms with Crippen LogP contribution in [0.15, 0.2) is 47.4 Å². The predicted molar refractivity (Wildman–Crippen MR) is 87.2 cm³/mol. The summed E-state index contributed by atoms with van der Waals surface area (Å²) >= 11 is 0. The van der Waals surface area contributed by atoms with Gasteiger partial charge in [-0.25, -0.2) is 8.42 Å². The van der Waals surface area contributed by atoms with Crippen molar-refractivity contribution in [2.75, 3.05) is 4.72 Å². The van der Waals surface area contributed by atoms with Crippen LogP contribution in [0, 0.1) is 6.92 Å². The molecule has 0 aliphatic carbocycles. The Morgan fingerprint density at radius 3 is 1.90 bits per heavy atom. The van der Waals surface area contributed by atoms with E-state index in [2.05, 4.69) is 4.72 Å². The van der Waals surface area contributed by atoms with Crippen molar-refractivity contribution < 1.29 is 8.42 Å². The zero-order valence-electron chi connectivity index (χ0n) is 12.7. The monoisotopic (exact) mass is 303 g/mol. The summed E-state index contributed by atoms with van der Waals surface area (Å²) in [6, 6.07) is 12.8. The first-order valence-electron chi connectivity index (χ1n) is 7.18. The zero-order chi connectivity index (χ0) is 15.5. The second-order valence-electron chi connectivity index (χ2n) is 5.08. The third-order valence-electron chi connectivity index (χ3n) is 3.57. The van der Waals surface area contributed by atoms with Crippen LogP contribution in [0.1, 0.15) is 30.5 Å². The Bertz CT molecular complexity index is 697. The average Bonchev–Trinajstić information content (AvgIpc) is 2.47. The van der Waals surface area contributed by atoms with E-state index in [4.69, 9.17) is 0 Å². The number of sulfonamides is 1. The Labute approximate surface area is 127 Å². The largest absolute Gasteiger partial charge is 0.279 e. The van der Waals surface area contributed by atoms with E-state index in [-0.39, 0.29) is 0 Å². The van der Waals surface area contributed by atoms with E-state index in [9.17, 15) is 8.42 Å². The van der Waals surface area contributed by atoms with Crippen LogP contribution in [-0.4, -0.2) is 8.42 Å². The molecule has 0 radical (unpaired) electrons. The Hall–Kier alpha value is -1.81. The Morgan fingerprint density at radius 2 is 1.43 bits per heavy atom. The van der Waals surface area contributed by atoms with Crippen LogP contribution in [-0.2, 0) is 22.9 Å². The molecule has 2 rings (SSSR count). The molecular weight excluding hydrogens is 282 g/mol. The molecule has 0 amide bonds. The molecule has 112 valence electrons. The summed E-state index contributed by atoms with van der Waals surface area (Å²) in [6.07, 6.45) is 1.58. The second kappa shape index (κ2) is 6.31. The number of hydrogen-bond acceptors (Lipinski definition) is 2. The number of hydrogen-bond donors (Lipinski definition) is 1. The van der Waals surface area contributed by atoms with Gasteiger partial charge in [-0.05, 0) is 43.0 Å². The summed E-state index contributed by atoms with van der Waals surface area (Å²) in [4.78, 5) is 0.293. The maximum atomic E-state index is 12.5. The molecule has 0 spiro atoms. The minimum Gasteiger partial charge on any atom is -0.279 e. The van der Waals surface area contributed by atoms with Gasteiger partial charge in [0.1, 0.15) is 0 Å². The smallest absolute Gasteiger partial charge is 0.261 e. The van der Waals surface area contributed by atoms with E-state index in [1.165, 1.54) is 0 Å². The predicted octanol–water partition coefficient (Wildman–Crippen LogP) is 3.92. The van der Waals surface area contributed by atoms with Crippen LogP contribution in [0.4, 0.5) is 5.69 Å². The third kappa shape index (κ3) is 3.45. The van der Waals surface area contributed by atoms with E-state index >= 15 is 0 Å². The lowest BCUT2D eigenvalue weighted by atomic mass is 10.0. The van der Waals surface area contributed by atoms with Crippen molar-refractivity contribution in [1.82, 2.24) is 0 Å². The molecule has 0 bridgehead atoms. The molecule has 0 aliphatic heterocycles. The van der Waals surface area contributed by atoms with Crippen molar-refractivity contribution in [2.45, 2.75) is 38.5 Å². The average molecular weight is 303 g/mol. The normalized spacial score (nSPS) is 11.4. The molecule has 0 fully saturated rings. The molecule has 0 saturated carbocycles. The Morgan fingerprint density at radius 1 is 0.905 bits per heavy atom. The second-order valence-corrected chi connectivity index (χ2v) is 6.76. The van der Waals surface area contributed by atoms with E-state index in [0.717, 1.165) is 35.2 Å². The van der Waals surface area contributed by atoms with Crippen molar-refractivity contribution in [1.29, 1.82) is 0 Å².